The lowest BCUT2D eigenvalue weighted by atomic mass is 9.95. The Labute approximate surface area is 220 Å². The van der Waals surface area contributed by atoms with Crippen molar-refractivity contribution in [3.05, 3.63) is 64.9 Å². The number of allylic oxidation sites excluding steroid dienone is 1. The number of amides is 2. The molecule has 0 unspecified atom stereocenters. The molecular formula is C27H30N4O7. The van der Waals surface area contributed by atoms with Gasteiger partial charge in [-0.3, -0.25) is 5.43 Å². The van der Waals surface area contributed by atoms with E-state index in [9.17, 15) is 14.7 Å². The maximum Gasteiger partial charge on any atom is 0.337 e. The molecule has 4 N–H and O–H groups in total. The van der Waals surface area contributed by atoms with Crippen molar-refractivity contribution in [2.75, 3.05) is 26.9 Å². The van der Waals surface area contributed by atoms with Crippen LogP contribution >= 0.6 is 0 Å². The summed E-state index contributed by atoms with van der Waals surface area (Å²) in [6, 6.07) is 11.0. The van der Waals surface area contributed by atoms with Crippen LogP contribution in [-0.2, 0) is 9.53 Å². The van der Waals surface area contributed by atoms with E-state index >= 15 is 0 Å². The van der Waals surface area contributed by atoms with Crippen molar-refractivity contribution < 1.29 is 33.6 Å². The molecule has 2 aromatic carbocycles. The lowest BCUT2D eigenvalue weighted by molar-refractivity contribution is -0.136. The molecule has 0 fully saturated rings. The molecule has 11 nitrogen and oxygen atoms in total. The van der Waals surface area contributed by atoms with Gasteiger partial charge in [-0.05, 0) is 43.7 Å². The van der Waals surface area contributed by atoms with Gasteiger partial charge >= 0.3 is 12.0 Å². The van der Waals surface area contributed by atoms with Gasteiger partial charge in [0.25, 0.3) is 0 Å². The molecule has 0 spiro atoms. The fourth-order valence-corrected chi connectivity index (χ4v) is 3.65. The van der Waals surface area contributed by atoms with E-state index in [2.05, 4.69) is 27.1 Å². The fourth-order valence-electron chi connectivity index (χ4n) is 3.65. The summed E-state index contributed by atoms with van der Waals surface area (Å²) in [6.45, 7) is 3.74. The standard InChI is InChI=1S/C27H30N4O7/c1-5-13-37-20-10-8-7-9-19(20)15-28-31-23(32)16-38-21-12-11-18(14-22(21)36-6-2)25-24(26(33)35-4)17(3)29-27(34)30-25/h1,7-12,14-15,23,25,31-32H,6,13,16H2,2-4H3,(H2,29,30,34)/b28-15+/t23-,25+/m1/s1. The van der Waals surface area contributed by atoms with Gasteiger partial charge in [0.2, 0.25) is 0 Å². The number of esters is 1. The maximum atomic E-state index is 12.4. The summed E-state index contributed by atoms with van der Waals surface area (Å²) < 4.78 is 21.8. The van der Waals surface area contributed by atoms with Crippen LogP contribution < -0.4 is 30.3 Å². The smallest absolute Gasteiger partial charge is 0.337 e. The maximum absolute atomic E-state index is 12.4. The number of benzene rings is 2. The summed E-state index contributed by atoms with van der Waals surface area (Å²) in [4.78, 5) is 24.5. The highest BCUT2D eigenvalue weighted by molar-refractivity contribution is 5.95. The first-order valence-corrected chi connectivity index (χ1v) is 11.8. The number of aliphatic hydroxyl groups is 1. The van der Waals surface area contributed by atoms with Gasteiger partial charge in [-0.15, -0.1) is 6.42 Å². The number of methoxy groups -OCH3 is 1. The molecule has 0 saturated heterocycles. The number of nitrogens with one attached hydrogen (secondary N) is 3. The number of carbonyl (C=O) groups excluding carboxylic acids is 2. The van der Waals surface area contributed by atoms with E-state index < -0.39 is 24.3 Å². The molecule has 0 bridgehead atoms. The van der Waals surface area contributed by atoms with Crippen LogP contribution in [0.3, 0.4) is 0 Å². The number of terminal acetylenes is 1. The van der Waals surface area contributed by atoms with Crippen LogP contribution in [0.4, 0.5) is 4.79 Å². The number of urea groups is 1. The van der Waals surface area contributed by atoms with Gasteiger partial charge < -0.3 is 34.7 Å². The number of aliphatic hydroxyl groups excluding tert-OH is 1. The average Bonchev–Trinajstić information content (AvgIpc) is 2.91. The minimum Gasteiger partial charge on any atom is -0.490 e. The molecule has 0 aromatic heterocycles. The van der Waals surface area contributed by atoms with Crippen molar-refractivity contribution in [1.82, 2.24) is 16.1 Å². The van der Waals surface area contributed by atoms with E-state index in [-0.39, 0.29) is 18.8 Å². The lowest BCUT2D eigenvalue weighted by Gasteiger charge is -2.28. The van der Waals surface area contributed by atoms with Crippen LogP contribution in [0.25, 0.3) is 0 Å². The van der Waals surface area contributed by atoms with Crippen molar-refractivity contribution in [1.29, 1.82) is 0 Å². The monoisotopic (exact) mass is 522 g/mol. The van der Waals surface area contributed by atoms with Crippen molar-refractivity contribution >= 4 is 18.2 Å². The second kappa shape index (κ2) is 13.6. The number of hydrazone groups is 1. The predicted octanol–water partition coefficient (Wildman–Crippen LogP) is 2.22. The second-order valence-electron chi connectivity index (χ2n) is 7.95. The Morgan fingerprint density at radius 1 is 1.21 bits per heavy atom. The third-order valence-electron chi connectivity index (χ3n) is 5.33. The zero-order valence-electron chi connectivity index (χ0n) is 21.3. The van der Waals surface area contributed by atoms with Crippen LogP contribution in [0, 0.1) is 12.3 Å². The van der Waals surface area contributed by atoms with Crippen molar-refractivity contribution in [2.45, 2.75) is 26.1 Å². The van der Waals surface area contributed by atoms with E-state index in [1.165, 1.54) is 13.3 Å². The molecule has 1 aliphatic rings. The van der Waals surface area contributed by atoms with E-state index in [0.29, 0.717) is 40.7 Å². The third kappa shape index (κ3) is 7.18. The van der Waals surface area contributed by atoms with Gasteiger partial charge in [0.1, 0.15) is 19.0 Å². The molecule has 1 aliphatic heterocycles. The van der Waals surface area contributed by atoms with Crippen LogP contribution in [-0.4, -0.2) is 56.5 Å². The van der Waals surface area contributed by atoms with Gasteiger partial charge in [0.15, 0.2) is 17.7 Å². The van der Waals surface area contributed by atoms with E-state index in [4.69, 9.17) is 25.4 Å². The summed E-state index contributed by atoms with van der Waals surface area (Å²) in [5.74, 6) is 3.12. The van der Waals surface area contributed by atoms with E-state index in [1.54, 1.807) is 37.3 Å². The Morgan fingerprint density at radius 3 is 2.74 bits per heavy atom. The van der Waals surface area contributed by atoms with Crippen LogP contribution in [0.1, 0.15) is 31.0 Å². The first-order valence-electron chi connectivity index (χ1n) is 11.8. The van der Waals surface area contributed by atoms with Gasteiger partial charge in [-0.2, -0.15) is 5.10 Å². The Bertz CT molecular complexity index is 1250. The third-order valence-corrected chi connectivity index (χ3v) is 5.33. The predicted molar refractivity (Wildman–Crippen MR) is 140 cm³/mol. The van der Waals surface area contributed by atoms with Gasteiger partial charge in [-0.25, -0.2) is 9.59 Å². The highest BCUT2D eigenvalue weighted by Crippen LogP contribution is 2.34. The molecule has 3 rings (SSSR count). The first-order chi connectivity index (χ1) is 18.4. The first kappa shape index (κ1) is 27.9. The Balaban J connectivity index is 1.69. The summed E-state index contributed by atoms with van der Waals surface area (Å²) in [7, 11) is 1.27. The molecule has 2 atom stereocenters. The highest BCUT2D eigenvalue weighted by Gasteiger charge is 2.32. The molecule has 38 heavy (non-hydrogen) atoms. The largest absolute Gasteiger partial charge is 0.490 e. The second-order valence-corrected chi connectivity index (χ2v) is 7.95. The number of nitrogens with zero attached hydrogens (tertiary/aromatic N) is 1. The normalized spacial score (nSPS) is 15.7. The topological polar surface area (TPSA) is 140 Å². The SMILES string of the molecule is C#CCOc1ccccc1/C=N/N[C@H](O)COc1ccc([C@@H]2NC(=O)NC(C)=C2C(=O)OC)cc1OCC. The van der Waals surface area contributed by atoms with E-state index in [0.717, 1.165) is 0 Å². The molecule has 1 heterocycles. The van der Waals surface area contributed by atoms with Crippen LogP contribution in [0.2, 0.25) is 0 Å². The van der Waals surface area contributed by atoms with Crippen molar-refractivity contribution in [3.63, 3.8) is 0 Å². The number of carbonyl (C=O) groups is 2. The zero-order chi connectivity index (χ0) is 27.5. The quantitative estimate of drug-likeness (QED) is 0.109. The average molecular weight is 523 g/mol. The molecule has 200 valence electrons. The molecule has 0 radical (unpaired) electrons. The molecule has 11 heteroatoms. The molecule has 0 saturated carbocycles. The van der Waals surface area contributed by atoms with Gasteiger partial charge in [0.05, 0.1) is 31.5 Å². The summed E-state index contributed by atoms with van der Waals surface area (Å²) in [5.41, 5.74) is 4.51. The Hall–Kier alpha value is -4.69. The Kier molecular flexibility index (Phi) is 9.96. The Morgan fingerprint density at radius 2 is 2.00 bits per heavy atom. The summed E-state index contributed by atoms with van der Waals surface area (Å²) in [6.07, 6.45) is 5.60. The minimum atomic E-state index is -1.14. The number of para-hydroxylation sites is 1. The zero-order valence-corrected chi connectivity index (χ0v) is 21.3. The number of ether oxygens (including phenoxy) is 4. The molecule has 2 aromatic rings. The highest BCUT2D eigenvalue weighted by atomic mass is 16.5. The van der Waals surface area contributed by atoms with Gasteiger partial charge in [0, 0.05) is 11.3 Å². The molecular weight excluding hydrogens is 492 g/mol. The number of hydrogen-bond acceptors (Lipinski definition) is 9. The van der Waals surface area contributed by atoms with Gasteiger partial charge in [-0.1, -0.05) is 24.1 Å². The van der Waals surface area contributed by atoms with Crippen LogP contribution in [0.15, 0.2) is 58.8 Å². The van der Waals surface area contributed by atoms with Crippen LogP contribution in [0.5, 0.6) is 17.2 Å². The van der Waals surface area contributed by atoms with E-state index in [1.807, 2.05) is 19.1 Å². The fraction of sp³-hybridized carbons (Fsp3) is 0.296. The lowest BCUT2D eigenvalue weighted by Crippen LogP contribution is -2.45. The minimum absolute atomic E-state index is 0.125. The molecule has 2 amide bonds. The summed E-state index contributed by atoms with van der Waals surface area (Å²) in [5, 5.41) is 19.6. The summed E-state index contributed by atoms with van der Waals surface area (Å²) >= 11 is 0. The number of hydrogen-bond donors (Lipinski definition) is 4. The van der Waals surface area contributed by atoms with Crippen molar-refractivity contribution in [3.8, 4) is 29.6 Å². The number of rotatable bonds is 12. The van der Waals surface area contributed by atoms with Crippen molar-refractivity contribution in [2.24, 2.45) is 5.10 Å². The molecule has 0 aliphatic carbocycles.